The predicted octanol–water partition coefficient (Wildman–Crippen LogP) is 1.12. The van der Waals surface area contributed by atoms with E-state index in [1.165, 1.54) is 39.3 Å². The number of aliphatic hydroxyl groups excluding tert-OH is 1. The number of rotatable bonds is 7. The molecule has 2 aromatic rings. The minimum absolute atomic E-state index is 0.0900. The van der Waals surface area contributed by atoms with E-state index in [-0.39, 0.29) is 24.6 Å². The summed E-state index contributed by atoms with van der Waals surface area (Å²) in [4.78, 5) is 38.4. The number of fused-ring (bicyclic) bond motifs is 1. The Morgan fingerprint density at radius 3 is 2.86 bits per heavy atom. The summed E-state index contributed by atoms with van der Waals surface area (Å²) in [5.74, 6) is -1.55. The number of aliphatic carboxylic acids is 1. The van der Waals surface area contributed by atoms with Crippen molar-refractivity contribution in [3.63, 3.8) is 0 Å². The Hall–Kier alpha value is -1.93. The van der Waals surface area contributed by atoms with Crippen LogP contribution < -0.4 is 5.32 Å². The van der Waals surface area contributed by atoms with Crippen molar-refractivity contribution in [2.45, 2.75) is 28.8 Å². The van der Waals surface area contributed by atoms with Crippen molar-refractivity contribution < 1.29 is 24.6 Å². The number of carbonyl (C=O) groups excluding carboxylic acids is 2. The first kappa shape index (κ1) is 20.3. The number of carboxylic acids is 1. The normalized spacial score (nSPS) is 21.0. The van der Waals surface area contributed by atoms with Gasteiger partial charge in [-0.1, -0.05) is 23.1 Å². The average Bonchev–Trinajstić information content (AvgIpc) is 3.37. The minimum atomic E-state index is -1.21. The number of carbonyl (C=O) groups is 3. The summed E-state index contributed by atoms with van der Waals surface area (Å²) >= 11 is 5.18. The van der Waals surface area contributed by atoms with Crippen LogP contribution in [0.5, 0.6) is 0 Å². The second-order valence-electron chi connectivity index (χ2n) is 6.06. The molecule has 0 bridgehead atoms. The van der Waals surface area contributed by atoms with Gasteiger partial charge in [0.1, 0.15) is 22.1 Å². The van der Waals surface area contributed by atoms with Crippen LogP contribution in [0, 0.1) is 0 Å². The number of thioether (sulfide) groups is 2. The number of hydrogen-bond donors (Lipinski definition) is 3. The van der Waals surface area contributed by atoms with Crippen LogP contribution in [-0.2, 0) is 27.4 Å². The summed E-state index contributed by atoms with van der Waals surface area (Å²) in [7, 11) is 0. The van der Waals surface area contributed by atoms with Crippen molar-refractivity contribution in [3.05, 3.63) is 38.0 Å². The standard InChI is InChI=1S/C16H14N4O5S4/c21-4-10-18-19-16(29-10)28-8-6-27-14-11(13(23)20(14)12(8)15(24)25)17-9(22)3-7-1-2-26-5-7/h1-2,5,11,14,21H,3-4,6H2,(H,17,22)(H,24,25)/t11-,14+/m1/s1. The smallest absolute Gasteiger partial charge is 0.353 e. The molecule has 0 aliphatic carbocycles. The van der Waals surface area contributed by atoms with Gasteiger partial charge in [-0.15, -0.1) is 22.0 Å². The molecule has 4 rings (SSSR count). The van der Waals surface area contributed by atoms with E-state index >= 15 is 0 Å². The largest absolute Gasteiger partial charge is 0.477 e. The van der Waals surface area contributed by atoms with Gasteiger partial charge in [-0.05, 0) is 22.4 Å². The van der Waals surface area contributed by atoms with Crippen molar-refractivity contribution >= 4 is 64.0 Å². The second-order valence-corrected chi connectivity index (χ2v) is 10.4. The van der Waals surface area contributed by atoms with Crippen molar-refractivity contribution in [3.8, 4) is 0 Å². The van der Waals surface area contributed by atoms with Gasteiger partial charge in [-0.3, -0.25) is 14.5 Å². The number of amides is 2. The molecular weight excluding hydrogens is 456 g/mol. The Labute approximate surface area is 181 Å². The van der Waals surface area contributed by atoms with Gasteiger partial charge in [-0.25, -0.2) is 4.79 Å². The first-order chi connectivity index (χ1) is 14.0. The molecule has 4 heterocycles. The molecule has 0 unspecified atom stereocenters. The number of aliphatic hydroxyl groups is 1. The van der Waals surface area contributed by atoms with Gasteiger partial charge >= 0.3 is 5.97 Å². The number of nitrogens with one attached hydrogen (secondary N) is 1. The summed E-state index contributed by atoms with van der Waals surface area (Å²) in [6.45, 7) is -0.239. The highest BCUT2D eigenvalue weighted by Gasteiger charge is 2.54. The maximum Gasteiger partial charge on any atom is 0.353 e. The van der Waals surface area contributed by atoms with Crippen molar-refractivity contribution in [1.82, 2.24) is 20.4 Å². The predicted molar refractivity (Wildman–Crippen MR) is 109 cm³/mol. The van der Waals surface area contributed by atoms with Crippen LogP contribution in [-0.4, -0.2) is 60.3 Å². The van der Waals surface area contributed by atoms with Gasteiger partial charge in [0.25, 0.3) is 5.91 Å². The van der Waals surface area contributed by atoms with E-state index in [2.05, 4.69) is 15.5 Å². The molecule has 0 spiro atoms. The van der Waals surface area contributed by atoms with Crippen LogP contribution in [0.3, 0.4) is 0 Å². The second kappa shape index (κ2) is 8.44. The van der Waals surface area contributed by atoms with Crippen LogP contribution in [0.4, 0.5) is 0 Å². The van der Waals surface area contributed by atoms with Gasteiger partial charge in [-0.2, -0.15) is 11.3 Å². The van der Waals surface area contributed by atoms with E-state index in [1.54, 1.807) is 0 Å². The fourth-order valence-electron chi connectivity index (χ4n) is 2.92. The monoisotopic (exact) mass is 470 g/mol. The fraction of sp³-hybridized carbons (Fsp3) is 0.312. The highest BCUT2D eigenvalue weighted by molar-refractivity contribution is 8.07. The van der Waals surface area contributed by atoms with Gasteiger partial charge in [0.2, 0.25) is 5.91 Å². The molecule has 3 N–H and O–H groups in total. The van der Waals surface area contributed by atoms with E-state index in [4.69, 9.17) is 5.11 Å². The van der Waals surface area contributed by atoms with Gasteiger partial charge in [0.15, 0.2) is 4.34 Å². The van der Waals surface area contributed by atoms with Crippen LogP contribution >= 0.6 is 46.2 Å². The van der Waals surface area contributed by atoms with E-state index in [0.717, 1.165) is 17.3 Å². The van der Waals surface area contributed by atoms with Crippen LogP contribution in [0.15, 0.2) is 31.8 Å². The number of β-lactam (4-membered cyclic amide) rings is 1. The zero-order chi connectivity index (χ0) is 20.5. The van der Waals surface area contributed by atoms with Crippen LogP contribution in [0.1, 0.15) is 10.6 Å². The number of carboxylic acid groups (broad SMARTS) is 1. The van der Waals surface area contributed by atoms with Crippen molar-refractivity contribution in [1.29, 1.82) is 0 Å². The summed E-state index contributed by atoms with van der Waals surface area (Å²) < 4.78 is 0.496. The fourth-order valence-corrected chi connectivity index (χ4v) is 6.98. The lowest BCUT2D eigenvalue weighted by molar-refractivity contribution is -0.150. The number of aromatic nitrogens is 2. The van der Waals surface area contributed by atoms with Crippen LogP contribution in [0.2, 0.25) is 0 Å². The molecule has 2 aliphatic heterocycles. The summed E-state index contributed by atoms with van der Waals surface area (Å²) in [5, 5.41) is 33.0. The van der Waals surface area contributed by atoms with Crippen molar-refractivity contribution in [2.24, 2.45) is 0 Å². The third kappa shape index (κ3) is 4.05. The Balaban J connectivity index is 1.48. The van der Waals surface area contributed by atoms with E-state index in [0.29, 0.717) is 20.0 Å². The maximum atomic E-state index is 12.6. The molecule has 0 aromatic carbocycles. The lowest BCUT2D eigenvalue weighted by atomic mass is 10.0. The summed E-state index contributed by atoms with van der Waals surface area (Å²) in [6, 6.07) is 1.11. The molecule has 1 saturated heterocycles. The molecule has 2 aliphatic rings. The Morgan fingerprint density at radius 1 is 1.38 bits per heavy atom. The molecule has 152 valence electrons. The van der Waals surface area contributed by atoms with Gasteiger partial charge < -0.3 is 15.5 Å². The van der Waals surface area contributed by atoms with E-state index < -0.39 is 23.3 Å². The average molecular weight is 471 g/mol. The first-order valence-electron chi connectivity index (χ1n) is 8.30. The zero-order valence-corrected chi connectivity index (χ0v) is 17.9. The highest BCUT2D eigenvalue weighted by Crippen LogP contribution is 2.45. The number of thiophene rings is 1. The zero-order valence-electron chi connectivity index (χ0n) is 14.6. The molecule has 9 nitrogen and oxygen atoms in total. The third-order valence-electron chi connectivity index (χ3n) is 4.19. The summed E-state index contributed by atoms with van der Waals surface area (Å²) in [5.41, 5.74) is 0.782. The maximum absolute atomic E-state index is 12.6. The molecule has 13 heteroatoms. The van der Waals surface area contributed by atoms with E-state index in [1.807, 2.05) is 16.8 Å². The minimum Gasteiger partial charge on any atom is -0.477 e. The molecule has 2 amide bonds. The number of nitrogens with zero attached hydrogens (tertiary/aromatic N) is 3. The molecule has 2 atom stereocenters. The van der Waals surface area contributed by atoms with Gasteiger partial charge in [0.05, 0.1) is 13.0 Å². The molecule has 0 saturated carbocycles. The Bertz CT molecular complexity index is 989. The lowest BCUT2D eigenvalue weighted by Crippen LogP contribution is -2.70. The molecule has 29 heavy (non-hydrogen) atoms. The molecule has 2 aromatic heterocycles. The highest BCUT2D eigenvalue weighted by atomic mass is 32.2. The quantitative estimate of drug-likeness (QED) is 0.509. The van der Waals surface area contributed by atoms with E-state index in [9.17, 15) is 19.5 Å². The topological polar surface area (TPSA) is 133 Å². The van der Waals surface area contributed by atoms with Gasteiger partial charge in [0, 0.05) is 10.7 Å². The van der Waals surface area contributed by atoms with Crippen LogP contribution in [0.25, 0.3) is 0 Å². The molecule has 0 radical (unpaired) electrons. The SMILES string of the molecule is O=C(Cc1ccsc1)N[C@@H]1C(=O)N2C(C(=O)O)=C(Sc3nnc(CO)s3)CS[C@@H]12. The van der Waals surface area contributed by atoms with Crippen molar-refractivity contribution in [2.75, 3.05) is 5.75 Å². The lowest BCUT2D eigenvalue weighted by Gasteiger charge is -2.49. The summed E-state index contributed by atoms with van der Waals surface area (Å²) in [6.07, 6.45) is 0.178. The molecular formula is C16H14N4O5S4. The first-order valence-corrected chi connectivity index (χ1v) is 11.9. The Morgan fingerprint density at radius 2 is 2.21 bits per heavy atom. The Kier molecular flexibility index (Phi) is 5.92. The number of hydrogen-bond acceptors (Lipinski definition) is 10. The third-order valence-corrected chi connectivity index (χ3v) is 8.43. The molecule has 1 fully saturated rings.